The van der Waals surface area contributed by atoms with E-state index in [2.05, 4.69) is 10.0 Å². The fraction of sp³-hybridized carbons (Fsp3) is 0.600. The first-order chi connectivity index (χ1) is 9.62. The van der Waals surface area contributed by atoms with E-state index >= 15 is 0 Å². The van der Waals surface area contributed by atoms with Crippen LogP contribution in [0.3, 0.4) is 0 Å². The summed E-state index contributed by atoms with van der Waals surface area (Å²) in [6.45, 7) is 0.938. The third-order valence-electron chi connectivity index (χ3n) is 4.27. The molecule has 5 heteroatoms. The van der Waals surface area contributed by atoms with E-state index in [4.69, 9.17) is 0 Å². The summed E-state index contributed by atoms with van der Waals surface area (Å²) in [5.41, 5.74) is 3.02. The molecule has 2 N–H and O–H groups in total. The van der Waals surface area contributed by atoms with E-state index in [1.165, 1.54) is 24.8 Å². The lowest BCUT2D eigenvalue weighted by Crippen LogP contribution is -2.24. The molecule has 1 aliphatic heterocycles. The van der Waals surface area contributed by atoms with Gasteiger partial charge in [0.1, 0.15) is 0 Å². The van der Waals surface area contributed by atoms with Gasteiger partial charge in [-0.05, 0) is 48.9 Å². The lowest BCUT2D eigenvalue weighted by Gasteiger charge is -2.21. The summed E-state index contributed by atoms with van der Waals surface area (Å²) in [4.78, 5) is 0. The minimum atomic E-state index is -3.22. The van der Waals surface area contributed by atoms with Crippen LogP contribution in [0, 0.1) is 5.92 Å². The Bertz CT molecular complexity index is 578. The zero-order chi connectivity index (χ0) is 14.0. The van der Waals surface area contributed by atoms with Crippen molar-refractivity contribution in [2.45, 2.75) is 38.5 Å². The maximum Gasteiger partial charge on any atom is 0.232 e. The molecule has 0 bridgehead atoms. The Hall–Kier alpha value is -1.23. The number of hydrogen-bond acceptors (Lipinski definition) is 3. The highest BCUT2D eigenvalue weighted by atomic mass is 32.2. The predicted molar refractivity (Wildman–Crippen MR) is 82.6 cm³/mol. The number of sulfonamides is 1. The second-order valence-electron chi connectivity index (χ2n) is 5.94. The van der Waals surface area contributed by atoms with E-state index in [-0.39, 0.29) is 5.75 Å². The molecule has 1 fully saturated rings. The van der Waals surface area contributed by atoms with Gasteiger partial charge in [-0.15, -0.1) is 0 Å². The molecule has 20 heavy (non-hydrogen) atoms. The van der Waals surface area contributed by atoms with Crippen molar-refractivity contribution in [2.24, 2.45) is 5.92 Å². The topological polar surface area (TPSA) is 58.2 Å². The molecule has 0 atom stereocenters. The van der Waals surface area contributed by atoms with Gasteiger partial charge < -0.3 is 5.32 Å². The maximum atomic E-state index is 12.2. The Labute approximate surface area is 121 Å². The van der Waals surface area contributed by atoms with Crippen molar-refractivity contribution in [1.29, 1.82) is 0 Å². The van der Waals surface area contributed by atoms with Gasteiger partial charge in [-0.1, -0.05) is 19.3 Å². The largest absolute Gasteiger partial charge is 0.384 e. The maximum absolute atomic E-state index is 12.2. The number of nitrogens with one attached hydrogen (secondary N) is 2. The molecular formula is C15H22N2O2S. The third kappa shape index (κ3) is 3.26. The molecule has 1 saturated carbocycles. The molecule has 1 aromatic carbocycles. The molecule has 0 amide bonds. The number of fused-ring (bicyclic) bond motifs is 1. The van der Waals surface area contributed by atoms with Crippen LogP contribution in [0.25, 0.3) is 0 Å². The summed E-state index contributed by atoms with van der Waals surface area (Å²) >= 11 is 0. The van der Waals surface area contributed by atoms with E-state index in [1.54, 1.807) is 0 Å². The van der Waals surface area contributed by atoms with Crippen molar-refractivity contribution in [3.63, 3.8) is 0 Å². The first kappa shape index (κ1) is 13.7. The molecule has 1 aromatic rings. The SMILES string of the molecule is O=S(=O)(CC1CCCCC1)Nc1ccc2c(c1)CCN2. The van der Waals surface area contributed by atoms with Crippen LogP contribution >= 0.6 is 0 Å². The van der Waals surface area contributed by atoms with Gasteiger partial charge in [-0.25, -0.2) is 8.42 Å². The number of rotatable bonds is 4. The van der Waals surface area contributed by atoms with Crippen LogP contribution in [0.4, 0.5) is 11.4 Å². The quantitative estimate of drug-likeness (QED) is 0.897. The zero-order valence-corrected chi connectivity index (χ0v) is 12.5. The molecule has 2 aliphatic rings. The second kappa shape index (κ2) is 5.64. The Morgan fingerprint density at radius 1 is 1.20 bits per heavy atom. The molecule has 0 aromatic heterocycles. The van der Waals surface area contributed by atoms with Crippen molar-refractivity contribution in [1.82, 2.24) is 0 Å². The van der Waals surface area contributed by atoms with E-state index in [0.717, 1.165) is 31.5 Å². The highest BCUT2D eigenvalue weighted by Crippen LogP contribution is 2.28. The van der Waals surface area contributed by atoms with Crippen molar-refractivity contribution < 1.29 is 8.42 Å². The summed E-state index contributed by atoms with van der Waals surface area (Å²) < 4.78 is 27.2. The highest BCUT2D eigenvalue weighted by molar-refractivity contribution is 7.92. The monoisotopic (exact) mass is 294 g/mol. The summed E-state index contributed by atoms with van der Waals surface area (Å²) in [7, 11) is -3.22. The Kier molecular flexibility index (Phi) is 3.87. The van der Waals surface area contributed by atoms with E-state index in [0.29, 0.717) is 11.6 Å². The van der Waals surface area contributed by atoms with Crippen molar-refractivity contribution in [3.8, 4) is 0 Å². The molecule has 0 radical (unpaired) electrons. The van der Waals surface area contributed by atoms with Gasteiger partial charge in [0, 0.05) is 17.9 Å². The van der Waals surface area contributed by atoms with Gasteiger partial charge in [0.05, 0.1) is 5.75 Å². The second-order valence-corrected chi connectivity index (χ2v) is 7.70. The molecule has 110 valence electrons. The van der Waals surface area contributed by atoms with Gasteiger partial charge in [-0.2, -0.15) is 0 Å². The van der Waals surface area contributed by atoms with Gasteiger partial charge in [0.25, 0.3) is 0 Å². The summed E-state index contributed by atoms with van der Waals surface area (Å²) in [5, 5.41) is 3.28. The van der Waals surface area contributed by atoms with Crippen LogP contribution < -0.4 is 10.0 Å². The van der Waals surface area contributed by atoms with Gasteiger partial charge >= 0.3 is 0 Å². The first-order valence-electron chi connectivity index (χ1n) is 7.50. The number of hydrogen-bond donors (Lipinski definition) is 2. The Morgan fingerprint density at radius 2 is 2.00 bits per heavy atom. The van der Waals surface area contributed by atoms with Crippen molar-refractivity contribution in [2.75, 3.05) is 22.3 Å². The lowest BCUT2D eigenvalue weighted by atomic mass is 9.91. The van der Waals surface area contributed by atoms with Crippen LogP contribution in [-0.2, 0) is 16.4 Å². The summed E-state index contributed by atoms with van der Waals surface area (Å²) in [6, 6.07) is 5.75. The van der Waals surface area contributed by atoms with Crippen LogP contribution in [0.1, 0.15) is 37.7 Å². The van der Waals surface area contributed by atoms with E-state index in [9.17, 15) is 8.42 Å². The van der Waals surface area contributed by atoms with E-state index in [1.807, 2.05) is 18.2 Å². The minimum absolute atomic E-state index is 0.266. The molecular weight excluding hydrogens is 272 g/mol. The third-order valence-corrected chi connectivity index (χ3v) is 5.73. The Morgan fingerprint density at radius 3 is 2.80 bits per heavy atom. The molecule has 4 nitrogen and oxygen atoms in total. The summed E-state index contributed by atoms with van der Waals surface area (Å²) in [5.74, 6) is 0.597. The summed E-state index contributed by atoms with van der Waals surface area (Å²) in [6.07, 6.45) is 6.66. The van der Waals surface area contributed by atoms with Crippen LogP contribution in [0.2, 0.25) is 0 Å². The van der Waals surface area contributed by atoms with Crippen molar-refractivity contribution >= 4 is 21.4 Å². The van der Waals surface area contributed by atoms with Crippen LogP contribution in [-0.4, -0.2) is 20.7 Å². The predicted octanol–water partition coefficient (Wildman–Crippen LogP) is 2.98. The minimum Gasteiger partial charge on any atom is -0.384 e. The normalized spacial score (nSPS) is 19.4. The molecule has 1 heterocycles. The molecule has 0 spiro atoms. The standard InChI is InChI=1S/C15H22N2O2S/c18-20(19,11-12-4-2-1-3-5-12)17-14-6-7-15-13(10-14)8-9-16-15/h6-7,10,12,16-17H,1-5,8-9,11H2. The lowest BCUT2D eigenvalue weighted by molar-refractivity contribution is 0.385. The van der Waals surface area contributed by atoms with Gasteiger partial charge in [0.15, 0.2) is 0 Å². The average Bonchev–Trinajstić information content (AvgIpc) is 2.86. The molecule has 0 unspecified atom stereocenters. The van der Waals surface area contributed by atoms with E-state index < -0.39 is 10.0 Å². The fourth-order valence-electron chi connectivity index (χ4n) is 3.25. The van der Waals surface area contributed by atoms with Gasteiger partial charge in [-0.3, -0.25) is 4.72 Å². The Balaban J connectivity index is 1.66. The first-order valence-corrected chi connectivity index (χ1v) is 9.15. The average molecular weight is 294 g/mol. The highest BCUT2D eigenvalue weighted by Gasteiger charge is 2.21. The van der Waals surface area contributed by atoms with Gasteiger partial charge in [0.2, 0.25) is 10.0 Å². The smallest absolute Gasteiger partial charge is 0.232 e. The van der Waals surface area contributed by atoms with Crippen LogP contribution in [0.5, 0.6) is 0 Å². The van der Waals surface area contributed by atoms with Crippen molar-refractivity contribution in [3.05, 3.63) is 23.8 Å². The number of benzene rings is 1. The number of anilines is 2. The zero-order valence-electron chi connectivity index (χ0n) is 11.7. The fourth-order valence-corrected chi connectivity index (χ4v) is 4.78. The van der Waals surface area contributed by atoms with Crippen LogP contribution in [0.15, 0.2) is 18.2 Å². The molecule has 1 aliphatic carbocycles. The molecule has 3 rings (SSSR count). The molecule has 0 saturated heterocycles.